The number of nitrogens with zero attached hydrogens (tertiary/aromatic N) is 3. The van der Waals surface area contributed by atoms with Gasteiger partial charge in [-0.25, -0.2) is 4.98 Å². The molecule has 0 saturated carbocycles. The Labute approximate surface area is 209 Å². The van der Waals surface area contributed by atoms with Crippen LogP contribution in [0.15, 0.2) is 36.8 Å². The number of hydrogen-bond donors (Lipinski definition) is 0. The number of imidazole rings is 1. The van der Waals surface area contributed by atoms with Crippen LogP contribution in [0.2, 0.25) is 0 Å². The van der Waals surface area contributed by atoms with Gasteiger partial charge in [0.05, 0.1) is 22.1 Å². The van der Waals surface area contributed by atoms with Gasteiger partial charge in [-0.3, -0.25) is 0 Å². The number of benzene rings is 2. The zero-order valence-corrected chi connectivity index (χ0v) is 25.0. The Bertz CT molecular complexity index is 945. The summed E-state index contributed by atoms with van der Waals surface area (Å²) in [5, 5.41) is 1.30. The van der Waals surface area contributed by atoms with Crippen LogP contribution in [0.1, 0.15) is 91.5 Å². The third kappa shape index (κ3) is 10.5. The van der Waals surface area contributed by atoms with E-state index in [-0.39, 0.29) is 0 Å². The monoisotopic (exact) mass is 473 g/mol. The quantitative estimate of drug-likeness (QED) is 0.254. The van der Waals surface area contributed by atoms with Crippen LogP contribution in [0.5, 0.6) is 0 Å². The molecular weight excluding hydrogens is 422 g/mol. The summed E-state index contributed by atoms with van der Waals surface area (Å²) in [5.41, 5.74) is 7.55. The number of rotatable bonds is 0. The van der Waals surface area contributed by atoms with Crippen molar-refractivity contribution in [3.63, 3.8) is 0 Å². The van der Waals surface area contributed by atoms with E-state index in [9.17, 15) is 0 Å². The van der Waals surface area contributed by atoms with Crippen molar-refractivity contribution >= 4 is 32.7 Å². The molecule has 0 bridgehead atoms. The lowest BCUT2D eigenvalue weighted by Crippen LogP contribution is -1.87. The van der Waals surface area contributed by atoms with Gasteiger partial charge in [0.25, 0.3) is 0 Å². The summed E-state index contributed by atoms with van der Waals surface area (Å²) >= 11 is 1.58. The first-order valence-electron chi connectivity index (χ1n) is 12.7. The predicted octanol–water partition coefficient (Wildman–Crippen LogP) is 10.2. The summed E-state index contributed by atoms with van der Waals surface area (Å²) in [7, 11) is 2.03. The fourth-order valence-electron chi connectivity index (χ4n) is 2.81. The second kappa shape index (κ2) is 21.6. The molecule has 188 valence electrons. The minimum atomic E-state index is 1.12. The van der Waals surface area contributed by atoms with E-state index in [0.29, 0.717) is 0 Å². The average Bonchev–Trinajstić information content (AvgIpc) is 3.55. The summed E-state index contributed by atoms with van der Waals surface area (Å²) < 4.78 is 7.56. The molecular formula is C29H51N3S. The van der Waals surface area contributed by atoms with E-state index in [2.05, 4.69) is 65.9 Å². The van der Waals surface area contributed by atoms with Crippen LogP contribution in [0.3, 0.4) is 0 Å². The zero-order valence-electron chi connectivity index (χ0n) is 24.2. The lowest BCUT2D eigenvalue weighted by Gasteiger charge is -2.00. The molecule has 0 atom stereocenters. The van der Waals surface area contributed by atoms with Crippen molar-refractivity contribution in [2.24, 2.45) is 7.05 Å². The highest BCUT2D eigenvalue weighted by atomic mass is 32.1. The van der Waals surface area contributed by atoms with Crippen molar-refractivity contribution in [1.82, 2.24) is 13.9 Å². The number of aryl methyl sites for hydroxylation is 5. The molecule has 0 spiro atoms. The third-order valence-electron chi connectivity index (χ3n) is 4.20. The van der Waals surface area contributed by atoms with E-state index < -0.39 is 0 Å². The molecule has 0 fully saturated rings. The van der Waals surface area contributed by atoms with Crippen LogP contribution in [-0.4, -0.2) is 13.9 Å². The second-order valence-electron chi connectivity index (χ2n) is 6.02. The maximum atomic E-state index is 4.34. The van der Waals surface area contributed by atoms with Gasteiger partial charge in [-0.15, -0.1) is 0 Å². The van der Waals surface area contributed by atoms with Gasteiger partial charge < -0.3 is 4.57 Å². The molecule has 0 saturated heterocycles. The average molecular weight is 474 g/mol. The predicted molar refractivity (Wildman–Crippen MR) is 156 cm³/mol. The normalized spacial score (nSPS) is 8.45. The molecule has 2 aromatic heterocycles. The smallest absolute Gasteiger partial charge is 0.0955 e. The zero-order chi connectivity index (χ0) is 26.6. The molecule has 4 heteroatoms. The van der Waals surface area contributed by atoms with E-state index in [0.717, 1.165) is 5.52 Å². The van der Waals surface area contributed by atoms with Gasteiger partial charge in [-0.1, -0.05) is 93.5 Å². The van der Waals surface area contributed by atoms with E-state index in [1.807, 2.05) is 88.8 Å². The molecule has 0 aliphatic carbocycles. The minimum absolute atomic E-state index is 1.12. The topological polar surface area (TPSA) is 30.7 Å². The molecule has 0 amide bonds. The van der Waals surface area contributed by atoms with Crippen molar-refractivity contribution < 1.29 is 0 Å². The van der Waals surface area contributed by atoms with Crippen LogP contribution in [0.4, 0.5) is 0 Å². The van der Waals surface area contributed by atoms with Crippen LogP contribution in [0, 0.1) is 27.7 Å². The largest absolute Gasteiger partial charge is 0.334 e. The molecule has 0 unspecified atom stereocenters. The Hall–Kier alpha value is -2.20. The van der Waals surface area contributed by atoms with Crippen LogP contribution < -0.4 is 0 Å². The van der Waals surface area contributed by atoms with Gasteiger partial charge in [0.2, 0.25) is 0 Å². The molecule has 0 N–H and O–H groups in total. The van der Waals surface area contributed by atoms with Gasteiger partial charge in [-0.05, 0) is 61.5 Å². The van der Waals surface area contributed by atoms with Crippen molar-refractivity contribution in [3.05, 3.63) is 59.0 Å². The van der Waals surface area contributed by atoms with Gasteiger partial charge >= 0.3 is 0 Å². The van der Waals surface area contributed by atoms with Gasteiger partial charge in [0.15, 0.2) is 0 Å². The minimum Gasteiger partial charge on any atom is -0.334 e. The number of hydrogen-bond acceptors (Lipinski definition) is 3. The maximum Gasteiger partial charge on any atom is 0.0955 e. The summed E-state index contributed by atoms with van der Waals surface area (Å²) in [6.45, 7) is 28.5. The van der Waals surface area contributed by atoms with Gasteiger partial charge in [0, 0.05) is 18.6 Å². The molecule has 33 heavy (non-hydrogen) atoms. The molecule has 0 radical (unpaired) electrons. The first-order chi connectivity index (χ1) is 16.0. The molecule has 4 aromatic rings. The van der Waals surface area contributed by atoms with Crippen molar-refractivity contribution in [2.45, 2.75) is 96.9 Å². The van der Waals surface area contributed by atoms with Crippen LogP contribution >= 0.6 is 11.5 Å². The fraction of sp³-hybridized carbons (Fsp3) is 0.517. The number of aromatic nitrogens is 3. The summed E-state index contributed by atoms with van der Waals surface area (Å²) in [6, 6.07) is 8.55. The highest BCUT2D eigenvalue weighted by molar-refractivity contribution is 7.13. The molecule has 2 aromatic carbocycles. The van der Waals surface area contributed by atoms with Crippen LogP contribution in [0.25, 0.3) is 21.1 Å². The first-order valence-corrected chi connectivity index (χ1v) is 13.4. The SMILES string of the molecule is CC.CC.CC.CC.CC.Cc1ccc(C)c2c1ncn2C.Cc1ccc(C)c2sncc12. The van der Waals surface area contributed by atoms with Gasteiger partial charge in [-0.2, -0.15) is 4.37 Å². The summed E-state index contributed by atoms with van der Waals surface area (Å²) in [6.07, 6.45) is 3.81. The highest BCUT2D eigenvalue weighted by Gasteiger charge is 2.04. The van der Waals surface area contributed by atoms with E-state index >= 15 is 0 Å². The third-order valence-corrected chi connectivity index (χ3v) is 5.14. The molecule has 0 aliphatic heterocycles. The van der Waals surface area contributed by atoms with E-state index in [1.165, 1.54) is 37.9 Å². The van der Waals surface area contributed by atoms with E-state index in [1.54, 1.807) is 11.5 Å². The first kappa shape index (κ1) is 35.4. The van der Waals surface area contributed by atoms with Crippen molar-refractivity contribution in [2.75, 3.05) is 0 Å². The van der Waals surface area contributed by atoms with E-state index in [4.69, 9.17) is 0 Å². The van der Waals surface area contributed by atoms with Gasteiger partial charge in [0.1, 0.15) is 0 Å². The second-order valence-corrected chi connectivity index (χ2v) is 6.82. The van der Waals surface area contributed by atoms with Crippen molar-refractivity contribution in [1.29, 1.82) is 0 Å². The molecule has 0 aliphatic rings. The maximum absolute atomic E-state index is 4.34. The lowest BCUT2D eigenvalue weighted by atomic mass is 10.1. The summed E-state index contributed by atoms with van der Waals surface area (Å²) in [5.74, 6) is 0. The Morgan fingerprint density at radius 2 is 1.09 bits per heavy atom. The molecule has 3 nitrogen and oxygen atoms in total. The standard InChI is InChI=1S/C10H12N2.C9H9NS.5C2H6/c1-7-4-5-8(2)10-9(7)11-6-12(10)3;1-6-3-4-7(2)9-8(6)5-10-11-9;5*1-2/h4-6H,1-3H3;3-5H,1-2H3;5*1-2H3. The Morgan fingerprint density at radius 3 is 1.58 bits per heavy atom. The lowest BCUT2D eigenvalue weighted by molar-refractivity contribution is 0.944. The Kier molecular flexibility index (Phi) is 23.2. The number of fused-ring (bicyclic) bond motifs is 2. The summed E-state index contributed by atoms with van der Waals surface area (Å²) in [4.78, 5) is 4.34. The Morgan fingerprint density at radius 1 is 0.636 bits per heavy atom. The fourth-order valence-corrected chi connectivity index (χ4v) is 3.60. The van der Waals surface area contributed by atoms with Crippen molar-refractivity contribution in [3.8, 4) is 0 Å². The highest BCUT2D eigenvalue weighted by Crippen LogP contribution is 2.24. The van der Waals surface area contributed by atoms with Crippen LogP contribution in [-0.2, 0) is 7.05 Å². The Balaban J connectivity index is -0.000000398. The molecule has 2 heterocycles. The molecule has 4 rings (SSSR count).